The second-order valence-electron chi connectivity index (χ2n) is 6.23. The fourth-order valence-electron chi connectivity index (χ4n) is 3.09. The van der Waals surface area contributed by atoms with E-state index in [1.165, 1.54) is 0 Å². The molecule has 0 N–H and O–H groups in total. The van der Waals surface area contributed by atoms with Gasteiger partial charge in [0.1, 0.15) is 23.6 Å². The Kier molecular flexibility index (Phi) is 3.72. The molecule has 2 aromatic carbocycles. The molecule has 0 atom stereocenters. The minimum Gasteiger partial charge on any atom is -0.497 e. The summed E-state index contributed by atoms with van der Waals surface area (Å²) in [4.78, 5) is 9.06. The van der Waals surface area contributed by atoms with Gasteiger partial charge in [0, 0.05) is 11.1 Å². The van der Waals surface area contributed by atoms with Crippen LogP contribution >= 0.6 is 0 Å². The second-order valence-corrected chi connectivity index (χ2v) is 6.23. The summed E-state index contributed by atoms with van der Waals surface area (Å²) in [6, 6.07) is 17.2. The molecule has 28 heavy (non-hydrogen) atoms. The van der Waals surface area contributed by atoms with E-state index >= 15 is 0 Å². The van der Waals surface area contributed by atoms with Crippen LogP contribution in [0, 0.1) is 0 Å². The molecule has 7 nitrogen and oxygen atoms in total. The molecule has 0 unspecified atom stereocenters. The Balaban J connectivity index is 1.60. The van der Waals surface area contributed by atoms with Gasteiger partial charge < -0.3 is 13.9 Å². The van der Waals surface area contributed by atoms with Crippen molar-refractivity contribution < 1.29 is 13.9 Å². The first kappa shape index (κ1) is 16.3. The smallest absolute Gasteiger partial charge is 0.231 e. The molecule has 3 aromatic heterocycles. The molecule has 5 rings (SSSR count). The van der Waals surface area contributed by atoms with Crippen LogP contribution in [0.2, 0.25) is 0 Å². The quantitative estimate of drug-likeness (QED) is 0.470. The predicted molar refractivity (Wildman–Crippen MR) is 105 cm³/mol. The molecule has 138 valence electrons. The van der Waals surface area contributed by atoms with Gasteiger partial charge in [-0.3, -0.25) is 0 Å². The molecule has 0 saturated heterocycles. The largest absolute Gasteiger partial charge is 0.497 e. The van der Waals surface area contributed by atoms with Gasteiger partial charge in [-0.15, -0.1) is 5.10 Å². The zero-order valence-electron chi connectivity index (χ0n) is 15.3. The van der Waals surface area contributed by atoms with E-state index in [-0.39, 0.29) is 0 Å². The first-order valence-electron chi connectivity index (χ1n) is 8.69. The van der Waals surface area contributed by atoms with Gasteiger partial charge in [-0.1, -0.05) is 0 Å². The summed E-state index contributed by atoms with van der Waals surface area (Å²) in [5, 5.41) is 5.34. The first-order valence-corrected chi connectivity index (χ1v) is 8.69. The molecule has 0 radical (unpaired) electrons. The Hall–Kier alpha value is -3.87. The molecule has 5 aromatic rings. The SMILES string of the molecule is COc1ccc(-c2nc3c4cc(-c5ccc(OC)cc5)oc4ncn3n2)cc1. The number of hydrogen-bond acceptors (Lipinski definition) is 6. The van der Waals surface area contributed by atoms with Crippen LogP contribution in [-0.2, 0) is 0 Å². The molecule has 0 aliphatic carbocycles. The normalized spacial score (nSPS) is 11.2. The lowest BCUT2D eigenvalue weighted by Crippen LogP contribution is -1.89. The highest BCUT2D eigenvalue weighted by Gasteiger charge is 2.15. The lowest BCUT2D eigenvalue weighted by Gasteiger charge is -1.99. The van der Waals surface area contributed by atoms with E-state index in [4.69, 9.17) is 18.9 Å². The Bertz CT molecular complexity index is 1170. The summed E-state index contributed by atoms with van der Waals surface area (Å²) >= 11 is 0. The fourth-order valence-corrected chi connectivity index (χ4v) is 3.09. The highest BCUT2D eigenvalue weighted by atomic mass is 16.5. The zero-order valence-corrected chi connectivity index (χ0v) is 15.3. The summed E-state index contributed by atoms with van der Waals surface area (Å²) in [5.41, 5.74) is 3.05. The maximum absolute atomic E-state index is 5.93. The van der Waals surface area contributed by atoms with Gasteiger partial charge in [0.05, 0.1) is 19.6 Å². The minimum absolute atomic E-state index is 0.520. The van der Waals surface area contributed by atoms with Crippen LogP contribution in [0.5, 0.6) is 11.5 Å². The summed E-state index contributed by atoms with van der Waals surface area (Å²) in [6.45, 7) is 0. The molecule has 7 heteroatoms. The van der Waals surface area contributed by atoms with Gasteiger partial charge in [-0.25, -0.2) is 14.5 Å². The number of furan rings is 1. The zero-order chi connectivity index (χ0) is 19.1. The van der Waals surface area contributed by atoms with Crippen molar-refractivity contribution in [3.8, 4) is 34.2 Å². The van der Waals surface area contributed by atoms with Crippen LogP contribution in [0.3, 0.4) is 0 Å². The predicted octanol–water partition coefficient (Wildman–Crippen LogP) is 4.22. The summed E-state index contributed by atoms with van der Waals surface area (Å²) in [6.07, 6.45) is 1.61. The molecule has 0 spiro atoms. The molecule has 0 amide bonds. The monoisotopic (exact) mass is 372 g/mol. The third-order valence-electron chi connectivity index (χ3n) is 4.59. The molecule has 0 aliphatic rings. The topological polar surface area (TPSA) is 74.7 Å². The van der Waals surface area contributed by atoms with Crippen molar-refractivity contribution in [2.24, 2.45) is 0 Å². The Labute approximate surface area is 160 Å². The lowest BCUT2D eigenvalue weighted by molar-refractivity contribution is 0.414. The average molecular weight is 372 g/mol. The van der Waals surface area contributed by atoms with E-state index in [0.717, 1.165) is 28.0 Å². The van der Waals surface area contributed by atoms with Crippen molar-refractivity contribution in [2.45, 2.75) is 0 Å². The van der Waals surface area contributed by atoms with Crippen LogP contribution in [0.15, 0.2) is 65.3 Å². The van der Waals surface area contributed by atoms with Crippen molar-refractivity contribution in [3.05, 3.63) is 60.9 Å². The third kappa shape index (κ3) is 2.64. The molecule has 3 heterocycles. The van der Waals surface area contributed by atoms with Crippen LogP contribution < -0.4 is 9.47 Å². The Morgan fingerprint density at radius 2 is 1.50 bits per heavy atom. The molecule has 0 aliphatic heterocycles. The summed E-state index contributed by atoms with van der Waals surface area (Å²) in [5.74, 6) is 2.91. The fraction of sp³-hybridized carbons (Fsp3) is 0.0952. The van der Waals surface area contributed by atoms with E-state index in [9.17, 15) is 0 Å². The third-order valence-corrected chi connectivity index (χ3v) is 4.59. The maximum atomic E-state index is 5.93. The number of hydrogen-bond donors (Lipinski definition) is 0. The molecule has 0 saturated carbocycles. The lowest BCUT2D eigenvalue weighted by atomic mass is 10.1. The van der Waals surface area contributed by atoms with E-state index in [2.05, 4.69) is 10.1 Å². The first-order chi connectivity index (χ1) is 13.7. The van der Waals surface area contributed by atoms with Crippen molar-refractivity contribution in [1.82, 2.24) is 19.6 Å². The van der Waals surface area contributed by atoms with Crippen LogP contribution in [0.1, 0.15) is 0 Å². The number of fused-ring (bicyclic) bond motifs is 3. The van der Waals surface area contributed by atoms with Gasteiger partial charge in [0.15, 0.2) is 11.5 Å². The Morgan fingerprint density at radius 3 is 2.14 bits per heavy atom. The molecule has 0 fully saturated rings. The van der Waals surface area contributed by atoms with Gasteiger partial charge in [0.25, 0.3) is 0 Å². The van der Waals surface area contributed by atoms with Crippen LogP contribution in [0.25, 0.3) is 39.5 Å². The van der Waals surface area contributed by atoms with Gasteiger partial charge in [-0.2, -0.15) is 0 Å². The van der Waals surface area contributed by atoms with Crippen molar-refractivity contribution in [3.63, 3.8) is 0 Å². The molecular formula is C21H16N4O3. The van der Waals surface area contributed by atoms with E-state index < -0.39 is 0 Å². The van der Waals surface area contributed by atoms with E-state index in [1.807, 2.05) is 54.6 Å². The number of rotatable bonds is 4. The average Bonchev–Trinajstić information content (AvgIpc) is 3.38. The van der Waals surface area contributed by atoms with Crippen LogP contribution in [0.4, 0.5) is 0 Å². The highest BCUT2D eigenvalue weighted by molar-refractivity contribution is 5.91. The number of ether oxygens (including phenoxy) is 2. The minimum atomic E-state index is 0.520. The highest BCUT2D eigenvalue weighted by Crippen LogP contribution is 2.30. The van der Waals surface area contributed by atoms with Gasteiger partial charge in [-0.05, 0) is 54.6 Å². The summed E-state index contributed by atoms with van der Waals surface area (Å²) < 4.78 is 18.0. The molecular weight excluding hydrogens is 356 g/mol. The second kappa shape index (κ2) is 6.38. The van der Waals surface area contributed by atoms with E-state index in [0.29, 0.717) is 22.9 Å². The Morgan fingerprint density at radius 1 is 0.857 bits per heavy atom. The number of aromatic nitrogens is 4. The van der Waals surface area contributed by atoms with Gasteiger partial charge >= 0.3 is 0 Å². The van der Waals surface area contributed by atoms with Crippen LogP contribution in [-0.4, -0.2) is 33.8 Å². The number of methoxy groups -OCH3 is 2. The van der Waals surface area contributed by atoms with Gasteiger partial charge in [0.2, 0.25) is 5.71 Å². The number of benzene rings is 2. The van der Waals surface area contributed by atoms with Crippen molar-refractivity contribution in [1.29, 1.82) is 0 Å². The standard InChI is InChI=1S/C21H16N4O3/c1-26-15-7-3-13(4-8-15)18-11-17-20-23-19(14-5-9-16(27-2)10-6-14)24-25(20)12-22-21(17)28-18/h3-12H,1-2H3. The number of nitrogens with zero attached hydrogens (tertiary/aromatic N) is 4. The maximum Gasteiger partial charge on any atom is 0.231 e. The van der Waals surface area contributed by atoms with Crippen molar-refractivity contribution >= 4 is 16.7 Å². The van der Waals surface area contributed by atoms with Crippen molar-refractivity contribution in [2.75, 3.05) is 14.2 Å². The van der Waals surface area contributed by atoms with E-state index in [1.54, 1.807) is 25.1 Å². The molecule has 0 bridgehead atoms. The summed E-state index contributed by atoms with van der Waals surface area (Å²) in [7, 11) is 3.28.